The Balaban J connectivity index is 2.29. The number of rotatable bonds is 7. The third-order valence-electron chi connectivity index (χ3n) is 3.75. The SMILES string of the molecule is CCCNc1nc(C2CC2)nc(N(C)CC(C)C#N)c1C. The van der Waals surface area contributed by atoms with E-state index in [0.717, 1.165) is 36.0 Å². The third-order valence-corrected chi connectivity index (χ3v) is 3.75. The van der Waals surface area contributed by atoms with Gasteiger partial charge in [0.05, 0.1) is 12.0 Å². The van der Waals surface area contributed by atoms with Crippen molar-refractivity contribution in [2.45, 2.75) is 46.0 Å². The van der Waals surface area contributed by atoms with E-state index in [4.69, 9.17) is 15.2 Å². The minimum absolute atomic E-state index is 0.0132. The van der Waals surface area contributed by atoms with Crippen LogP contribution in [0.4, 0.5) is 11.6 Å². The summed E-state index contributed by atoms with van der Waals surface area (Å²) in [4.78, 5) is 11.5. The van der Waals surface area contributed by atoms with Crippen LogP contribution in [0.2, 0.25) is 0 Å². The molecule has 0 saturated heterocycles. The molecule has 0 aliphatic heterocycles. The number of anilines is 2. The van der Waals surface area contributed by atoms with Crippen molar-refractivity contribution >= 4 is 11.6 Å². The van der Waals surface area contributed by atoms with Gasteiger partial charge < -0.3 is 10.2 Å². The van der Waals surface area contributed by atoms with Crippen LogP contribution in [0.5, 0.6) is 0 Å². The summed E-state index contributed by atoms with van der Waals surface area (Å²) >= 11 is 0. The maximum atomic E-state index is 9.00. The molecule has 1 aliphatic rings. The summed E-state index contributed by atoms with van der Waals surface area (Å²) in [5, 5.41) is 12.4. The van der Waals surface area contributed by atoms with Gasteiger partial charge in [-0.25, -0.2) is 9.97 Å². The highest BCUT2D eigenvalue weighted by atomic mass is 15.2. The zero-order chi connectivity index (χ0) is 15.4. The van der Waals surface area contributed by atoms with Crippen LogP contribution in [0.25, 0.3) is 0 Å². The molecule has 1 aliphatic carbocycles. The third kappa shape index (κ3) is 3.84. The first-order valence-corrected chi connectivity index (χ1v) is 7.80. The molecule has 2 rings (SSSR count). The van der Waals surface area contributed by atoms with Crippen molar-refractivity contribution in [3.63, 3.8) is 0 Å². The quantitative estimate of drug-likeness (QED) is 0.835. The lowest BCUT2D eigenvalue weighted by atomic mass is 10.2. The van der Waals surface area contributed by atoms with Gasteiger partial charge in [0.25, 0.3) is 0 Å². The van der Waals surface area contributed by atoms with Crippen molar-refractivity contribution in [1.82, 2.24) is 9.97 Å². The van der Waals surface area contributed by atoms with Crippen molar-refractivity contribution in [2.75, 3.05) is 30.4 Å². The number of nitrogens with one attached hydrogen (secondary N) is 1. The molecule has 0 radical (unpaired) electrons. The Labute approximate surface area is 127 Å². The predicted octanol–water partition coefficient (Wildman–Crippen LogP) is 3.08. The topological polar surface area (TPSA) is 64.8 Å². The van der Waals surface area contributed by atoms with Gasteiger partial charge in [0.1, 0.15) is 17.5 Å². The van der Waals surface area contributed by atoms with Crippen LogP contribution in [-0.4, -0.2) is 30.1 Å². The number of hydrogen-bond acceptors (Lipinski definition) is 5. The van der Waals surface area contributed by atoms with Crippen molar-refractivity contribution in [2.24, 2.45) is 5.92 Å². The van der Waals surface area contributed by atoms with E-state index in [1.807, 2.05) is 14.0 Å². The van der Waals surface area contributed by atoms with Gasteiger partial charge in [-0.15, -0.1) is 0 Å². The van der Waals surface area contributed by atoms with Gasteiger partial charge in [0, 0.05) is 31.6 Å². The molecule has 1 heterocycles. The number of hydrogen-bond donors (Lipinski definition) is 1. The molecule has 114 valence electrons. The molecule has 1 fully saturated rings. The Morgan fingerprint density at radius 1 is 1.43 bits per heavy atom. The van der Waals surface area contributed by atoms with Crippen LogP contribution in [0.3, 0.4) is 0 Å². The summed E-state index contributed by atoms with van der Waals surface area (Å²) in [6.07, 6.45) is 3.45. The molecule has 1 atom stereocenters. The Morgan fingerprint density at radius 3 is 2.71 bits per heavy atom. The van der Waals surface area contributed by atoms with Gasteiger partial charge in [-0.2, -0.15) is 5.26 Å². The maximum absolute atomic E-state index is 9.00. The number of aromatic nitrogens is 2. The van der Waals surface area contributed by atoms with E-state index < -0.39 is 0 Å². The molecule has 1 unspecified atom stereocenters. The minimum Gasteiger partial charge on any atom is -0.370 e. The fourth-order valence-electron chi connectivity index (χ4n) is 2.37. The smallest absolute Gasteiger partial charge is 0.137 e. The van der Waals surface area contributed by atoms with Gasteiger partial charge in [-0.3, -0.25) is 0 Å². The average molecular weight is 287 g/mol. The molecule has 5 heteroatoms. The highest BCUT2D eigenvalue weighted by Crippen LogP contribution is 2.40. The summed E-state index contributed by atoms with van der Waals surface area (Å²) < 4.78 is 0. The van der Waals surface area contributed by atoms with Crippen molar-refractivity contribution < 1.29 is 0 Å². The normalized spacial score (nSPS) is 15.4. The molecule has 1 aromatic rings. The lowest BCUT2D eigenvalue weighted by Crippen LogP contribution is -2.26. The molecule has 0 bridgehead atoms. The summed E-state index contributed by atoms with van der Waals surface area (Å²) in [7, 11) is 2.00. The summed E-state index contributed by atoms with van der Waals surface area (Å²) in [6, 6.07) is 2.28. The molecule has 0 amide bonds. The molecule has 0 spiro atoms. The fourth-order valence-corrected chi connectivity index (χ4v) is 2.37. The summed E-state index contributed by atoms with van der Waals surface area (Å²) in [5.41, 5.74) is 1.07. The first kappa shape index (κ1) is 15.6. The van der Waals surface area contributed by atoms with Crippen LogP contribution in [0.1, 0.15) is 50.4 Å². The Morgan fingerprint density at radius 2 is 2.14 bits per heavy atom. The van der Waals surface area contributed by atoms with E-state index in [0.29, 0.717) is 12.5 Å². The second-order valence-corrected chi connectivity index (χ2v) is 5.99. The molecule has 1 N–H and O–H groups in total. The molecule has 21 heavy (non-hydrogen) atoms. The van der Waals surface area contributed by atoms with Gasteiger partial charge in [-0.05, 0) is 33.1 Å². The maximum Gasteiger partial charge on any atom is 0.137 e. The summed E-state index contributed by atoms with van der Waals surface area (Å²) in [5.74, 6) is 3.35. The molecular formula is C16H25N5. The first-order valence-electron chi connectivity index (χ1n) is 7.80. The number of nitriles is 1. The molecular weight excluding hydrogens is 262 g/mol. The van der Waals surface area contributed by atoms with E-state index in [2.05, 4.69) is 30.1 Å². The van der Waals surface area contributed by atoms with E-state index in [9.17, 15) is 0 Å². The Hall–Kier alpha value is -1.83. The van der Waals surface area contributed by atoms with Crippen LogP contribution in [-0.2, 0) is 0 Å². The number of nitrogens with zero attached hydrogens (tertiary/aromatic N) is 4. The van der Waals surface area contributed by atoms with Crippen LogP contribution < -0.4 is 10.2 Å². The van der Waals surface area contributed by atoms with Crippen molar-refractivity contribution in [3.8, 4) is 6.07 Å². The van der Waals surface area contributed by atoms with Gasteiger partial charge >= 0.3 is 0 Å². The van der Waals surface area contributed by atoms with Crippen LogP contribution in [0, 0.1) is 24.2 Å². The summed E-state index contributed by atoms with van der Waals surface area (Å²) in [6.45, 7) is 7.74. The minimum atomic E-state index is -0.0132. The van der Waals surface area contributed by atoms with Crippen LogP contribution in [0.15, 0.2) is 0 Å². The van der Waals surface area contributed by atoms with E-state index in [1.165, 1.54) is 12.8 Å². The zero-order valence-corrected chi connectivity index (χ0v) is 13.5. The van der Waals surface area contributed by atoms with E-state index in [-0.39, 0.29) is 5.92 Å². The van der Waals surface area contributed by atoms with Crippen molar-refractivity contribution in [3.05, 3.63) is 11.4 Å². The monoisotopic (exact) mass is 287 g/mol. The lowest BCUT2D eigenvalue weighted by molar-refractivity contribution is 0.704. The zero-order valence-electron chi connectivity index (χ0n) is 13.5. The second-order valence-electron chi connectivity index (χ2n) is 5.99. The van der Waals surface area contributed by atoms with Gasteiger partial charge in [0.15, 0.2) is 0 Å². The molecule has 0 aromatic carbocycles. The van der Waals surface area contributed by atoms with Gasteiger partial charge in [-0.1, -0.05) is 6.92 Å². The standard InChI is InChI=1S/C16H25N5/c1-5-8-18-14-12(3)16(21(4)10-11(2)9-17)20-15(19-14)13-6-7-13/h11,13H,5-8,10H2,1-4H3,(H,18,19,20). The lowest BCUT2D eigenvalue weighted by Gasteiger charge is -2.23. The Bertz CT molecular complexity index is 530. The van der Waals surface area contributed by atoms with Crippen LogP contribution >= 0.6 is 0 Å². The average Bonchev–Trinajstić information content (AvgIpc) is 3.30. The fraction of sp³-hybridized carbons (Fsp3) is 0.688. The largest absolute Gasteiger partial charge is 0.370 e. The Kier molecular flexibility index (Phi) is 5.00. The predicted molar refractivity (Wildman–Crippen MR) is 85.6 cm³/mol. The first-order chi connectivity index (χ1) is 10.1. The molecule has 5 nitrogen and oxygen atoms in total. The molecule has 1 aromatic heterocycles. The molecule has 1 saturated carbocycles. The van der Waals surface area contributed by atoms with E-state index in [1.54, 1.807) is 0 Å². The second kappa shape index (κ2) is 6.75. The van der Waals surface area contributed by atoms with E-state index >= 15 is 0 Å². The van der Waals surface area contributed by atoms with Gasteiger partial charge in [0.2, 0.25) is 0 Å². The highest BCUT2D eigenvalue weighted by Gasteiger charge is 2.28. The highest BCUT2D eigenvalue weighted by molar-refractivity contribution is 5.58. The van der Waals surface area contributed by atoms with Crippen molar-refractivity contribution in [1.29, 1.82) is 5.26 Å².